The van der Waals surface area contributed by atoms with Gasteiger partial charge >= 0.3 is 0 Å². The molecular formula is C19H27ClF2N2O2. The van der Waals surface area contributed by atoms with E-state index in [1.807, 2.05) is 0 Å². The maximum atomic E-state index is 14.4. The molecule has 2 N–H and O–H groups in total. The molecule has 3 rings (SSSR count). The van der Waals surface area contributed by atoms with Gasteiger partial charge in [0, 0.05) is 24.6 Å². The van der Waals surface area contributed by atoms with Crippen molar-refractivity contribution in [2.45, 2.75) is 49.5 Å². The van der Waals surface area contributed by atoms with Crippen LogP contribution in [0.3, 0.4) is 0 Å². The number of rotatable bonds is 5. The zero-order valence-corrected chi connectivity index (χ0v) is 15.9. The molecule has 4 nitrogen and oxygen atoms in total. The van der Waals surface area contributed by atoms with Crippen molar-refractivity contribution in [2.24, 2.45) is 0 Å². The molecule has 26 heavy (non-hydrogen) atoms. The average molecular weight is 389 g/mol. The van der Waals surface area contributed by atoms with Crippen LogP contribution in [-0.2, 0) is 14.9 Å². The molecule has 0 radical (unpaired) electrons. The highest BCUT2D eigenvalue weighted by atomic mass is 35.5. The minimum atomic E-state index is -0.848. The standard InChI is InChI=1S/C19H26F2N2O2.ClH/c1-25-19(9-11-22-12-10-19)17(24)23-13-18(7-2-3-8-18)16-14(20)5-4-6-15(16)21;/h4-6,22H,2-3,7-13H2,1H3,(H,23,24);1H. The van der Waals surface area contributed by atoms with E-state index in [2.05, 4.69) is 10.6 Å². The number of halogens is 3. The quantitative estimate of drug-likeness (QED) is 0.815. The number of hydrogen-bond donors (Lipinski definition) is 2. The van der Waals surface area contributed by atoms with Crippen LogP contribution >= 0.6 is 12.4 Å². The van der Waals surface area contributed by atoms with E-state index in [1.54, 1.807) is 7.11 Å². The molecule has 1 heterocycles. The van der Waals surface area contributed by atoms with E-state index in [9.17, 15) is 13.6 Å². The highest BCUT2D eigenvalue weighted by Crippen LogP contribution is 2.43. The van der Waals surface area contributed by atoms with Crippen LogP contribution in [0.5, 0.6) is 0 Å². The van der Waals surface area contributed by atoms with E-state index < -0.39 is 22.7 Å². The van der Waals surface area contributed by atoms with Gasteiger partial charge in [0.2, 0.25) is 0 Å². The van der Waals surface area contributed by atoms with Crippen molar-refractivity contribution in [1.29, 1.82) is 0 Å². The third-order valence-electron chi connectivity index (χ3n) is 5.86. The Morgan fingerprint density at radius 1 is 1.15 bits per heavy atom. The Bertz CT molecular complexity index is 610. The zero-order valence-electron chi connectivity index (χ0n) is 15.1. The Hall–Kier alpha value is -1.24. The zero-order chi connectivity index (χ0) is 17.9. The molecule has 1 aliphatic carbocycles. The highest BCUT2D eigenvalue weighted by Gasteiger charge is 2.43. The summed E-state index contributed by atoms with van der Waals surface area (Å²) in [5.41, 5.74) is -1.41. The van der Waals surface area contributed by atoms with Gasteiger partial charge in [-0.2, -0.15) is 0 Å². The first kappa shape index (κ1) is 21.1. The summed E-state index contributed by atoms with van der Waals surface area (Å²) in [5.74, 6) is -1.24. The molecular weight excluding hydrogens is 362 g/mol. The summed E-state index contributed by atoms with van der Waals surface area (Å²) in [5, 5.41) is 6.17. The Morgan fingerprint density at radius 2 is 1.73 bits per heavy atom. The van der Waals surface area contributed by atoms with Crippen molar-refractivity contribution in [3.05, 3.63) is 35.4 Å². The maximum absolute atomic E-state index is 14.4. The van der Waals surface area contributed by atoms with E-state index in [1.165, 1.54) is 18.2 Å². The molecule has 1 aromatic rings. The van der Waals surface area contributed by atoms with Crippen molar-refractivity contribution in [2.75, 3.05) is 26.7 Å². The lowest BCUT2D eigenvalue weighted by atomic mass is 9.77. The molecule has 1 saturated heterocycles. The molecule has 0 atom stereocenters. The first-order valence-corrected chi connectivity index (χ1v) is 9.02. The van der Waals surface area contributed by atoms with Gasteiger partial charge in [0.1, 0.15) is 17.2 Å². The largest absolute Gasteiger partial charge is 0.368 e. The van der Waals surface area contributed by atoms with Gasteiger partial charge < -0.3 is 15.4 Å². The molecule has 0 spiro atoms. The molecule has 2 aliphatic rings. The van der Waals surface area contributed by atoms with Gasteiger partial charge in [0.05, 0.1) is 0 Å². The number of nitrogens with one attached hydrogen (secondary N) is 2. The minimum absolute atomic E-state index is 0. The fraction of sp³-hybridized carbons (Fsp3) is 0.632. The van der Waals surface area contributed by atoms with E-state index in [4.69, 9.17) is 4.74 Å². The second kappa shape index (κ2) is 8.63. The monoisotopic (exact) mass is 388 g/mol. The van der Waals surface area contributed by atoms with Crippen LogP contribution in [0.2, 0.25) is 0 Å². The Balaban J connectivity index is 0.00000243. The molecule has 146 valence electrons. The number of ether oxygens (including phenoxy) is 1. The van der Waals surface area contributed by atoms with Crippen LogP contribution in [0, 0.1) is 11.6 Å². The fourth-order valence-electron chi connectivity index (χ4n) is 4.34. The van der Waals surface area contributed by atoms with Gasteiger partial charge in [-0.25, -0.2) is 8.78 Å². The lowest BCUT2D eigenvalue weighted by Gasteiger charge is -2.37. The lowest BCUT2D eigenvalue weighted by molar-refractivity contribution is -0.147. The SMILES string of the molecule is COC1(C(=O)NCC2(c3c(F)cccc3F)CCCC2)CCNCC1.Cl. The number of carbonyl (C=O) groups is 1. The van der Waals surface area contributed by atoms with Crippen LogP contribution < -0.4 is 10.6 Å². The lowest BCUT2D eigenvalue weighted by Crippen LogP contribution is -2.56. The van der Waals surface area contributed by atoms with Crippen molar-refractivity contribution in [3.63, 3.8) is 0 Å². The van der Waals surface area contributed by atoms with E-state index in [0.29, 0.717) is 38.8 Å². The summed E-state index contributed by atoms with van der Waals surface area (Å²) in [7, 11) is 1.55. The Kier molecular flexibility index (Phi) is 6.99. The summed E-state index contributed by atoms with van der Waals surface area (Å²) in [6.45, 7) is 1.67. The molecule has 1 amide bonds. The molecule has 2 fully saturated rings. The molecule has 1 aliphatic heterocycles. The summed E-state index contributed by atoms with van der Waals surface area (Å²) in [6, 6.07) is 3.97. The summed E-state index contributed by atoms with van der Waals surface area (Å²) in [4.78, 5) is 12.8. The normalized spacial score (nSPS) is 21.0. The molecule has 0 aromatic heterocycles. The number of amides is 1. The predicted molar refractivity (Wildman–Crippen MR) is 98.6 cm³/mol. The van der Waals surface area contributed by atoms with Crippen LogP contribution in [0.25, 0.3) is 0 Å². The number of piperidine rings is 1. The van der Waals surface area contributed by atoms with E-state index in [-0.39, 0.29) is 30.4 Å². The summed E-state index contributed by atoms with van der Waals surface area (Å²) < 4.78 is 34.3. The third kappa shape index (κ3) is 3.87. The van der Waals surface area contributed by atoms with Gasteiger partial charge in [-0.05, 0) is 50.9 Å². The van der Waals surface area contributed by atoms with Gasteiger partial charge in [0.15, 0.2) is 0 Å². The molecule has 7 heteroatoms. The van der Waals surface area contributed by atoms with Crippen molar-refractivity contribution in [1.82, 2.24) is 10.6 Å². The number of benzene rings is 1. The topological polar surface area (TPSA) is 50.4 Å². The fourth-order valence-corrected chi connectivity index (χ4v) is 4.34. The smallest absolute Gasteiger partial charge is 0.252 e. The van der Waals surface area contributed by atoms with Crippen molar-refractivity contribution in [3.8, 4) is 0 Å². The van der Waals surface area contributed by atoms with Gasteiger partial charge in [-0.15, -0.1) is 12.4 Å². The highest BCUT2D eigenvalue weighted by molar-refractivity contribution is 5.85. The summed E-state index contributed by atoms with van der Waals surface area (Å²) in [6.07, 6.45) is 4.35. The molecule has 0 unspecified atom stereocenters. The van der Waals surface area contributed by atoms with Crippen molar-refractivity contribution < 1.29 is 18.3 Å². The Labute approximate surface area is 159 Å². The van der Waals surface area contributed by atoms with E-state index in [0.717, 1.165) is 12.8 Å². The second-order valence-corrected chi connectivity index (χ2v) is 7.22. The van der Waals surface area contributed by atoms with Gasteiger partial charge in [-0.1, -0.05) is 18.9 Å². The number of carbonyl (C=O) groups excluding carboxylic acids is 1. The van der Waals surface area contributed by atoms with Gasteiger partial charge in [0.25, 0.3) is 5.91 Å². The predicted octanol–water partition coefficient (Wildman–Crippen LogP) is 3.08. The third-order valence-corrected chi connectivity index (χ3v) is 5.86. The summed E-state index contributed by atoms with van der Waals surface area (Å²) >= 11 is 0. The van der Waals surface area contributed by atoms with Gasteiger partial charge in [-0.3, -0.25) is 4.79 Å². The molecule has 1 saturated carbocycles. The van der Waals surface area contributed by atoms with Crippen LogP contribution in [0.1, 0.15) is 44.1 Å². The van der Waals surface area contributed by atoms with Crippen molar-refractivity contribution >= 4 is 18.3 Å². The molecule has 1 aromatic carbocycles. The van der Waals surface area contributed by atoms with Crippen LogP contribution in [0.4, 0.5) is 8.78 Å². The van der Waals surface area contributed by atoms with Crippen LogP contribution in [-0.4, -0.2) is 38.3 Å². The first-order chi connectivity index (χ1) is 12.0. The second-order valence-electron chi connectivity index (χ2n) is 7.22. The minimum Gasteiger partial charge on any atom is -0.368 e. The number of hydrogen-bond acceptors (Lipinski definition) is 3. The van der Waals surface area contributed by atoms with Crippen LogP contribution in [0.15, 0.2) is 18.2 Å². The Morgan fingerprint density at radius 3 is 2.27 bits per heavy atom. The first-order valence-electron chi connectivity index (χ1n) is 9.02. The van der Waals surface area contributed by atoms with E-state index >= 15 is 0 Å². The number of methoxy groups -OCH3 is 1. The molecule has 0 bridgehead atoms. The average Bonchev–Trinajstić information content (AvgIpc) is 3.10. The maximum Gasteiger partial charge on any atom is 0.252 e.